The average molecular weight is 128 g/mol. The van der Waals surface area contributed by atoms with E-state index in [1.807, 2.05) is 0 Å². The summed E-state index contributed by atoms with van der Waals surface area (Å²) < 4.78 is 0. The normalized spacial score (nSPS) is 25.9. The van der Waals surface area contributed by atoms with Crippen LogP contribution in [0.5, 0.6) is 0 Å². The summed E-state index contributed by atoms with van der Waals surface area (Å²) in [5.74, 6) is -1.00. The molecule has 0 spiro atoms. The van der Waals surface area contributed by atoms with Gasteiger partial charge in [-0.2, -0.15) is 0 Å². The van der Waals surface area contributed by atoms with E-state index in [4.69, 9.17) is 10.2 Å². The maximum absolute atomic E-state index is 10.2. The molecule has 0 aromatic rings. The van der Waals surface area contributed by atoms with Gasteiger partial charge in [0, 0.05) is 0 Å². The summed E-state index contributed by atoms with van der Waals surface area (Å²) in [5, 5.41) is 17.3. The van der Waals surface area contributed by atoms with E-state index in [1.54, 1.807) is 6.08 Å². The zero-order valence-electron chi connectivity index (χ0n) is 4.87. The number of rotatable bonds is 1. The first-order valence-electron chi connectivity index (χ1n) is 2.83. The van der Waals surface area contributed by atoms with Crippen LogP contribution in [0.15, 0.2) is 11.6 Å². The Morgan fingerprint density at radius 3 is 2.67 bits per heavy atom. The number of carboxylic acids is 1. The van der Waals surface area contributed by atoms with Gasteiger partial charge in [0.2, 0.25) is 0 Å². The molecule has 0 radical (unpaired) electrons. The molecule has 0 aromatic carbocycles. The van der Waals surface area contributed by atoms with Crippen LogP contribution in [0.2, 0.25) is 0 Å². The molecular formula is C6H8O3. The van der Waals surface area contributed by atoms with Crippen molar-refractivity contribution in [3.8, 4) is 0 Å². The molecule has 1 rings (SSSR count). The fourth-order valence-electron chi connectivity index (χ4n) is 0.918. The van der Waals surface area contributed by atoms with Gasteiger partial charge >= 0.3 is 5.97 Å². The van der Waals surface area contributed by atoms with Gasteiger partial charge < -0.3 is 10.2 Å². The topological polar surface area (TPSA) is 57.5 Å². The molecule has 0 saturated carbocycles. The summed E-state index contributed by atoms with van der Waals surface area (Å²) in [6, 6.07) is 0. The van der Waals surface area contributed by atoms with Crippen molar-refractivity contribution in [1.29, 1.82) is 0 Å². The largest absolute Gasteiger partial charge is 0.478 e. The molecule has 1 atom stereocenters. The molecule has 0 aliphatic heterocycles. The van der Waals surface area contributed by atoms with Gasteiger partial charge in [0.15, 0.2) is 0 Å². The third-order valence-electron chi connectivity index (χ3n) is 1.41. The lowest BCUT2D eigenvalue weighted by molar-refractivity contribution is -0.133. The van der Waals surface area contributed by atoms with E-state index >= 15 is 0 Å². The van der Waals surface area contributed by atoms with Gasteiger partial charge in [-0.25, -0.2) is 4.79 Å². The predicted octanol–water partition coefficient (Wildman–Crippen LogP) is 0.152. The highest BCUT2D eigenvalue weighted by Crippen LogP contribution is 2.17. The van der Waals surface area contributed by atoms with Crippen molar-refractivity contribution in [2.45, 2.75) is 18.9 Å². The van der Waals surface area contributed by atoms with Gasteiger partial charge in [-0.1, -0.05) is 6.08 Å². The molecule has 0 saturated heterocycles. The summed E-state index contributed by atoms with van der Waals surface area (Å²) >= 11 is 0. The summed E-state index contributed by atoms with van der Waals surface area (Å²) in [4.78, 5) is 10.2. The molecule has 0 fully saturated rings. The highest BCUT2D eigenvalue weighted by atomic mass is 16.4. The molecule has 1 aliphatic carbocycles. The smallest absolute Gasteiger partial charge is 0.333 e. The van der Waals surface area contributed by atoms with Gasteiger partial charge in [-0.15, -0.1) is 0 Å². The van der Waals surface area contributed by atoms with Crippen molar-refractivity contribution in [2.24, 2.45) is 0 Å². The lowest BCUT2D eigenvalue weighted by atomic mass is 10.2. The maximum Gasteiger partial charge on any atom is 0.333 e. The molecule has 50 valence electrons. The molecule has 3 nitrogen and oxygen atoms in total. The van der Waals surface area contributed by atoms with Gasteiger partial charge in [-0.3, -0.25) is 0 Å². The number of allylic oxidation sites excluding steroid dienone is 1. The Bertz CT molecular complexity index is 160. The Morgan fingerprint density at radius 1 is 1.78 bits per heavy atom. The SMILES string of the molecule is O=C(O)C1=CCCC1O. The first-order chi connectivity index (χ1) is 4.22. The second-order valence-corrected chi connectivity index (χ2v) is 2.06. The number of carbonyl (C=O) groups is 1. The van der Waals surface area contributed by atoms with Crippen LogP contribution in [-0.4, -0.2) is 22.3 Å². The van der Waals surface area contributed by atoms with Crippen LogP contribution < -0.4 is 0 Å². The van der Waals surface area contributed by atoms with Gasteiger partial charge in [0.25, 0.3) is 0 Å². The zero-order valence-corrected chi connectivity index (χ0v) is 4.87. The minimum absolute atomic E-state index is 0.148. The van der Waals surface area contributed by atoms with Gasteiger partial charge in [-0.05, 0) is 12.8 Å². The minimum atomic E-state index is -1.00. The first-order valence-corrected chi connectivity index (χ1v) is 2.83. The summed E-state index contributed by atoms with van der Waals surface area (Å²) in [7, 11) is 0. The molecule has 3 heteroatoms. The molecule has 1 unspecified atom stereocenters. The standard InChI is InChI=1S/C6H8O3/c7-5-3-1-2-4(5)6(8)9/h2,5,7H,1,3H2,(H,8,9). The number of hydrogen-bond donors (Lipinski definition) is 2. The van der Waals surface area contributed by atoms with Crippen molar-refractivity contribution in [2.75, 3.05) is 0 Å². The molecule has 1 aliphatic rings. The van der Waals surface area contributed by atoms with Crippen molar-refractivity contribution < 1.29 is 15.0 Å². The van der Waals surface area contributed by atoms with E-state index in [1.165, 1.54) is 0 Å². The van der Waals surface area contributed by atoms with E-state index in [9.17, 15) is 4.79 Å². The number of aliphatic hydroxyl groups excluding tert-OH is 1. The lowest BCUT2D eigenvalue weighted by Crippen LogP contribution is -2.12. The van der Waals surface area contributed by atoms with E-state index in [2.05, 4.69) is 0 Å². The van der Waals surface area contributed by atoms with E-state index in [0.29, 0.717) is 12.8 Å². The van der Waals surface area contributed by atoms with Crippen LogP contribution in [0.3, 0.4) is 0 Å². The zero-order chi connectivity index (χ0) is 6.85. The van der Waals surface area contributed by atoms with E-state index in [-0.39, 0.29) is 5.57 Å². The summed E-state index contributed by atoms with van der Waals surface area (Å²) in [6.07, 6.45) is 2.07. The molecule has 9 heavy (non-hydrogen) atoms. The molecule has 0 heterocycles. The second-order valence-electron chi connectivity index (χ2n) is 2.06. The molecular weight excluding hydrogens is 120 g/mol. The second kappa shape index (κ2) is 2.19. The van der Waals surface area contributed by atoms with Crippen molar-refractivity contribution >= 4 is 5.97 Å². The van der Waals surface area contributed by atoms with E-state index < -0.39 is 12.1 Å². The first kappa shape index (κ1) is 6.29. The van der Waals surface area contributed by atoms with Crippen LogP contribution in [0.25, 0.3) is 0 Å². The Morgan fingerprint density at radius 2 is 2.44 bits per heavy atom. The van der Waals surface area contributed by atoms with Gasteiger partial charge in [0.1, 0.15) is 0 Å². The fraction of sp³-hybridized carbons (Fsp3) is 0.500. The minimum Gasteiger partial charge on any atom is -0.478 e. The number of aliphatic carboxylic acids is 1. The highest BCUT2D eigenvalue weighted by Gasteiger charge is 2.21. The average Bonchev–Trinajstić information content (AvgIpc) is 2.13. The van der Waals surface area contributed by atoms with Crippen molar-refractivity contribution in [1.82, 2.24) is 0 Å². The monoisotopic (exact) mass is 128 g/mol. The molecule has 0 bridgehead atoms. The van der Waals surface area contributed by atoms with Crippen LogP contribution in [0, 0.1) is 0 Å². The van der Waals surface area contributed by atoms with Crippen LogP contribution in [0.4, 0.5) is 0 Å². The van der Waals surface area contributed by atoms with Crippen LogP contribution >= 0.6 is 0 Å². The lowest BCUT2D eigenvalue weighted by Gasteiger charge is -2.00. The third-order valence-corrected chi connectivity index (χ3v) is 1.41. The molecule has 0 amide bonds. The van der Waals surface area contributed by atoms with E-state index in [0.717, 1.165) is 0 Å². The molecule has 2 N–H and O–H groups in total. The summed E-state index contributed by atoms with van der Waals surface area (Å²) in [5.41, 5.74) is 0.148. The van der Waals surface area contributed by atoms with Crippen molar-refractivity contribution in [3.05, 3.63) is 11.6 Å². The Labute approximate surface area is 52.6 Å². The predicted molar refractivity (Wildman–Crippen MR) is 31.0 cm³/mol. The summed E-state index contributed by atoms with van der Waals surface area (Å²) in [6.45, 7) is 0. The maximum atomic E-state index is 10.2. The fourth-order valence-corrected chi connectivity index (χ4v) is 0.918. The Hall–Kier alpha value is -0.830. The number of carboxylic acid groups (broad SMARTS) is 1. The highest BCUT2D eigenvalue weighted by molar-refractivity contribution is 5.88. The quantitative estimate of drug-likeness (QED) is 0.528. The number of hydrogen-bond acceptors (Lipinski definition) is 2. The van der Waals surface area contributed by atoms with Crippen LogP contribution in [0.1, 0.15) is 12.8 Å². The van der Waals surface area contributed by atoms with Crippen molar-refractivity contribution in [3.63, 3.8) is 0 Å². The Balaban J connectivity index is 2.68. The third kappa shape index (κ3) is 1.10. The number of aliphatic hydroxyl groups is 1. The van der Waals surface area contributed by atoms with Crippen LogP contribution in [-0.2, 0) is 4.79 Å². The molecule has 0 aromatic heterocycles. The Kier molecular flexibility index (Phi) is 1.53. The van der Waals surface area contributed by atoms with Gasteiger partial charge in [0.05, 0.1) is 11.7 Å².